The summed E-state index contributed by atoms with van der Waals surface area (Å²) >= 11 is 0. The van der Waals surface area contributed by atoms with E-state index < -0.39 is 11.6 Å². The number of likely N-dealkylation sites (N-methyl/N-ethyl adjacent to an activating group) is 1. The number of ether oxygens (including phenoxy) is 1. The zero-order chi connectivity index (χ0) is 19.2. The molecular weight excluding hydrogens is 326 g/mol. The number of hydrogen-bond donors (Lipinski definition) is 0. The van der Waals surface area contributed by atoms with Crippen molar-refractivity contribution in [1.29, 1.82) is 0 Å². The van der Waals surface area contributed by atoms with Crippen LogP contribution >= 0.6 is 0 Å². The van der Waals surface area contributed by atoms with Crippen LogP contribution in [0.4, 0.5) is 0 Å². The number of Topliss-reactive ketones (excluding diaryl/α,β-unsaturated/α-hetero) is 2. The first kappa shape index (κ1) is 19.9. The van der Waals surface area contributed by atoms with Crippen molar-refractivity contribution in [2.45, 2.75) is 19.8 Å². The number of benzene rings is 2. The van der Waals surface area contributed by atoms with Gasteiger partial charge in [0.05, 0.1) is 26.7 Å². The zero-order valence-corrected chi connectivity index (χ0v) is 16.1. The van der Waals surface area contributed by atoms with Crippen molar-refractivity contribution < 1.29 is 18.8 Å². The second-order valence-electron chi connectivity index (χ2n) is 7.43. The van der Waals surface area contributed by atoms with E-state index in [9.17, 15) is 9.59 Å². The van der Waals surface area contributed by atoms with Crippen LogP contribution < -0.4 is 4.74 Å². The summed E-state index contributed by atoms with van der Waals surface area (Å²) in [6.45, 7) is 3.38. The third-order valence-corrected chi connectivity index (χ3v) is 4.11. The molecule has 0 bridgehead atoms. The fourth-order valence-electron chi connectivity index (χ4n) is 2.66. The first-order valence-electron chi connectivity index (χ1n) is 9.02. The van der Waals surface area contributed by atoms with Crippen LogP contribution in [0, 0.1) is 0 Å². The van der Waals surface area contributed by atoms with Crippen LogP contribution in [0.5, 0.6) is 5.75 Å². The molecule has 0 radical (unpaired) electrons. The molecule has 0 aliphatic carbocycles. The smallest absolute Gasteiger partial charge is 0.237 e. The highest BCUT2D eigenvalue weighted by Gasteiger charge is 2.23. The maximum atomic E-state index is 12.8. The number of carbonyl (C=O) groups is 2. The molecule has 0 aromatic heterocycles. The Bertz CT molecular complexity index is 761. The van der Waals surface area contributed by atoms with Gasteiger partial charge >= 0.3 is 0 Å². The third kappa shape index (κ3) is 5.27. The molecular formula is C22H28NO3+. The lowest BCUT2D eigenvalue weighted by Crippen LogP contribution is -2.38. The Morgan fingerprint density at radius 3 is 2.23 bits per heavy atom. The maximum absolute atomic E-state index is 12.8. The molecule has 0 aliphatic heterocycles. The van der Waals surface area contributed by atoms with Crippen LogP contribution in [0.25, 0.3) is 0 Å². The van der Waals surface area contributed by atoms with Gasteiger partial charge in [-0.1, -0.05) is 55.8 Å². The Morgan fingerprint density at radius 2 is 1.62 bits per heavy atom. The molecule has 0 amide bonds. The average molecular weight is 354 g/mol. The van der Waals surface area contributed by atoms with Crippen LogP contribution in [0.3, 0.4) is 0 Å². The molecule has 0 aliphatic rings. The third-order valence-electron chi connectivity index (χ3n) is 4.11. The number of ketones is 2. The second kappa shape index (κ2) is 8.77. The van der Waals surface area contributed by atoms with Gasteiger partial charge in [0.2, 0.25) is 11.6 Å². The van der Waals surface area contributed by atoms with E-state index in [0.29, 0.717) is 23.5 Å². The molecule has 2 aromatic carbocycles. The van der Waals surface area contributed by atoms with E-state index in [1.54, 1.807) is 30.3 Å². The predicted octanol–water partition coefficient (Wildman–Crippen LogP) is 3.79. The second-order valence-corrected chi connectivity index (χ2v) is 7.43. The van der Waals surface area contributed by atoms with Crippen LogP contribution in [-0.4, -0.2) is 50.3 Å². The van der Waals surface area contributed by atoms with Crippen LogP contribution in [0.2, 0.25) is 0 Å². The number of carbonyl (C=O) groups excluding carboxylic acids is 2. The number of nitrogens with zero attached hydrogens (tertiary/aromatic N) is 1. The predicted molar refractivity (Wildman–Crippen MR) is 104 cm³/mol. The van der Waals surface area contributed by atoms with Crippen LogP contribution in [0.1, 0.15) is 39.6 Å². The van der Waals surface area contributed by atoms with Gasteiger partial charge in [0.15, 0.2) is 0 Å². The van der Waals surface area contributed by atoms with Crippen molar-refractivity contribution in [2.24, 2.45) is 0 Å². The van der Waals surface area contributed by atoms with Crippen molar-refractivity contribution in [3.8, 4) is 5.75 Å². The summed E-state index contributed by atoms with van der Waals surface area (Å²) in [6, 6.07) is 14.1. The summed E-state index contributed by atoms with van der Waals surface area (Å²) in [5.41, 5.74) is 1.72. The van der Waals surface area contributed by atoms with E-state index in [2.05, 4.69) is 28.1 Å². The number of rotatable bonds is 9. The Morgan fingerprint density at radius 1 is 0.923 bits per heavy atom. The van der Waals surface area contributed by atoms with Crippen molar-refractivity contribution in [1.82, 2.24) is 0 Å². The highest BCUT2D eigenvalue weighted by molar-refractivity contribution is 6.49. The van der Waals surface area contributed by atoms with Gasteiger partial charge in [0.1, 0.15) is 18.9 Å². The minimum absolute atomic E-state index is 0.353. The Kier molecular flexibility index (Phi) is 6.70. The Labute approximate surface area is 156 Å². The molecule has 4 nitrogen and oxygen atoms in total. The van der Waals surface area contributed by atoms with Crippen molar-refractivity contribution in [3.05, 3.63) is 65.2 Å². The molecule has 4 heteroatoms. The minimum Gasteiger partial charge on any atom is -0.487 e. The molecule has 0 fully saturated rings. The van der Waals surface area contributed by atoms with Crippen molar-refractivity contribution in [3.63, 3.8) is 0 Å². The summed E-state index contributed by atoms with van der Waals surface area (Å²) in [5.74, 6) is -0.470. The molecule has 2 aromatic rings. The lowest BCUT2D eigenvalue weighted by atomic mass is 9.97. The molecule has 138 valence electrons. The number of para-hydroxylation sites is 1. The molecule has 0 saturated carbocycles. The normalized spacial score (nSPS) is 11.2. The van der Waals surface area contributed by atoms with Crippen LogP contribution in [-0.2, 0) is 6.42 Å². The maximum Gasteiger partial charge on any atom is 0.237 e. The standard InChI is InChI=1S/C22H28NO3/c1-5-10-18-13-9-14-19(22(18)26-16-15-23(2,3)4)21(25)20(24)17-11-7-6-8-12-17/h6-9,11-14H,5,10,15-16H2,1-4H3/q+1. The first-order chi connectivity index (χ1) is 12.3. The molecule has 0 spiro atoms. The minimum atomic E-state index is -0.519. The summed E-state index contributed by atoms with van der Waals surface area (Å²) in [6.07, 6.45) is 1.75. The van der Waals surface area contributed by atoms with E-state index in [0.717, 1.165) is 29.4 Å². The quantitative estimate of drug-likeness (QED) is 0.391. The van der Waals surface area contributed by atoms with Gasteiger partial charge < -0.3 is 9.22 Å². The average Bonchev–Trinajstić information content (AvgIpc) is 2.61. The first-order valence-corrected chi connectivity index (χ1v) is 9.02. The summed E-state index contributed by atoms with van der Waals surface area (Å²) < 4.78 is 6.78. The Hall–Kier alpha value is -2.46. The topological polar surface area (TPSA) is 43.4 Å². The highest BCUT2D eigenvalue weighted by Crippen LogP contribution is 2.27. The summed E-state index contributed by atoms with van der Waals surface area (Å²) in [5, 5.41) is 0. The van der Waals surface area contributed by atoms with Gasteiger partial charge in [-0.25, -0.2) is 0 Å². The molecule has 2 rings (SSSR count). The summed E-state index contributed by atoms with van der Waals surface area (Å²) in [4.78, 5) is 25.4. The van der Waals surface area contributed by atoms with Gasteiger partial charge in [-0.05, 0) is 18.1 Å². The van der Waals surface area contributed by atoms with Gasteiger partial charge in [0.25, 0.3) is 0 Å². The molecule has 0 N–H and O–H groups in total. The number of quaternary nitrogens is 1. The van der Waals surface area contributed by atoms with Crippen LogP contribution in [0.15, 0.2) is 48.5 Å². The fraction of sp³-hybridized carbons (Fsp3) is 0.364. The number of hydrogen-bond acceptors (Lipinski definition) is 3. The lowest BCUT2D eigenvalue weighted by Gasteiger charge is -2.24. The fourth-order valence-corrected chi connectivity index (χ4v) is 2.66. The van der Waals surface area contributed by atoms with E-state index in [1.807, 2.05) is 18.2 Å². The van der Waals surface area contributed by atoms with E-state index in [4.69, 9.17) is 4.74 Å². The molecule has 0 heterocycles. The molecule has 0 unspecified atom stereocenters. The lowest BCUT2D eigenvalue weighted by molar-refractivity contribution is -0.870. The monoisotopic (exact) mass is 354 g/mol. The molecule has 26 heavy (non-hydrogen) atoms. The molecule has 0 atom stereocenters. The van der Waals surface area contributed by atoms with E-state index in [1.165, 1.54) is 0 Å². The largest absolute Gasteiger partial charge is 0.487 e. The molecule has 0 saturated heterocycles. The van der Waals surface area contributed by atoms with Crippen molar-refractivity contribution >= 4 is 11.6 Å². The zero-order valence-electron chi connectivity index (χ0n) is 16.1. The van der Waals surface area contributed by atoms with E-state index in [-0.39, 0.29) is 0 Å². The van der Waals surface area contributed by atoms with Gasteiger partial charge in [-0.2, -0.15) is 0 Å². The SMILES string of the molecule is CCCc1cccc(C(=O)C(=O)c2ccccc2)c1OCC[N+](C)(C)C. The Balaban J connectivity index is 2.32. The van der Waals surface area contributed by atoms with Gasteiger partial charge in [-0.15, -0.1) is 0 Å². The summed E-state index contributed by atoms with van der Waals surface area (Å²) in [7, 11) is 6.27. The number of aryl methyl sites for hydroxylation is 1. The van der Waals surface area contributed by atoms with E-state index >= 15 is 0 Å². The van der Waals surface area contributed by atoms with Gasteiger partial charge in [0, 0.05) is 5.56 Å². The van der Waals surface area contributed by atoms with Gasteiger partial charge in [-0.3, -0.25) is 9.59 Å². The van der Waals surface area contributed by atoms with Crippen molar-refractivity contribution in [2.75, 3.05) is 34.3 Å². The highest BCUT2D eigenvalue weighted by atomic mass is 16.5.